The number of hydrogen-bond acceptors (Lipinski definition) is 3. The number of nitrogens with one attached hydrogen (secondary N) is 2. The van der Waals surface area contributed by atoms with Crippen molar-refractivity contribution < 1.29 is 9.53 Å². The molecular weight excluding hydrogens is 276 g/mol. The Balaban J connectivity index is 1.59. The normalized spacial score (nSPS) is 18.8. The minimum atomic E-state index is -0.0446. The molecule has 0 spiro atoms. The number of carbonyl (C=O) groups excluding carboxylic acids is 1. The maximum atomic E-state index is 11.7. The van der Waals surface area contributed by atoms with Crippen LogP contribution in [0.1, 0.15) is 25.7 Å². The number of carbonyl (C=O) groups is 1. The molecule has 1 aromatic rings. The van der Waals surface area contributed by atoms with Crippen molar-refractivity contribution in [2.45, 2.75) is 31.8 Å². The van der Waals surface area contributed by atoms with E-state index in [2.05, 4.69) is 10.6 Å². The molecule has 0 bridgehead atoms. The average molecular weight is 297 g/mol. The van der Waals surface area contributed by atoms with Crippen molar-refractivity contribution in [3.8, 4) is 0 Å². The zero-order valence-electron chi connectivity index (χ0n) is 11.5. The molecule has 1 aliphatic heterocycles. The molecule has 1 amide bonds. The van der Waals surface area contributed by atoms with E-state index < -0.39 is 0 Å². The van der Waals surface area contributed by atoms with Gasteiger partial charge in [-0.05, 0) is 56.5 Å². The Labute approximate surface area is 124 Å². The monoisotopic (exact) mass is 296 g/mol. The first-order valence-corrected chi connectivity index (χ1v) is 7.49. The first kappa shape index (κ1) is 15.3. The van der Waals surface area contributed by atoms with Crippen LogP contribution in [0.5, 0.6) is 0 Å². The van der Waals surface area contributed by atoms with Crippen molar-refractivity contribution in [2.24, 2.45) is 0 Å². The number of ether oxygens (including phenoxy) is 1. The topological polar surface area (TPSA) is 50.4 Å². The van der Waals surface area contributed by atoms with Crippen molar-refractivity contribution in [1.82, 2.24) is 5.32 Å². The van der Waals surface area contributed by atoms with E-state index in [4.69, 9.17) is 16.3 Å². The van der Waals surface area contributed by atoms with Crippen LogP contribution in [-0.2, 0) is 9.53 Å². The van der Waals surface area contributed by atoms with Gasteiger partial charge in [-0.2, -0.15) is 0 Å². The van der Waals surface area contributed by atoms with Crippen LogP contribution in [0.4, 0.5) is 5.69 Å². The molecule has 0 saturated carbocycles. The summed E-state index contributed by atoms with van der Waals surface area (Å²) in [5.41, 5.74) is 0.761. The van der Waals surface area contributed by atoms with Crippen LogP contribution in [0.2, 0.25) is 5.02 Å². The zero-order valence-corrected chi connectivity index (χ0v) is 12.3. The zero-order chi connectivity index (χ0) is 14.2. The quantitative estimate of drug-likeness (QED) is 0.794. The second-order valence-electron chi connectivity index (χ2n) is 5.01. The summed E-state index contributed by atoms with van der Waals surface area (Å²) in [4.78, 5) is 11.7. The second-order valence-corrected chi connectivity index (χ2v) is 5.45. The minimum Gasteiger partial charge on any atom is -0.378 e. The number of amides is 1. The summed E-state index contributed by atoms with van der Waals surface area (Å²) < 4.78 is 5.64. The number of benzene rings is 1. The van der Waals surface area contributed by atoms with Gasteiger partial charge in [-0.3, -0.25) is 4.79 Å². The Hall–Kier alpha value is -1.10. The van der Waals surface area contributed by atoms with Gasteiger partial charge in [-0.15, -0.1) is 0 Å². The molecule has 5 heteroatoms. The molecular formula is C15H21ClN2O2. The van der Waals surface area contributed by atoms with Crippen LogP contribution in [0.25, 0.3) is 0 Å². The van der Waals surface area contributed by atoms with Gasteiger partial charge < -0.3 is 15.4 Å². The third-order valence-corrected chi connectivity index (χ3v) is 3.58. The Morgan fingerprint density at radius 1 is 1.30 bits per heavy atom. The number of halogens is 1. The number of rotatable bonds is 6. The Bertz CT molecular complexity index is 416. The molecule has 1 aliphatic rings. The molecule has 110 valence electrons. The maximum Gasteiger partial charge on any atom is 0.238 e. The molecule has 4 nitrogen and oxygen atoms in total. The largest absolute Gasteiger partial charge is 0.378 e. The summed E-state index contributed by atoms with van der Waals surface area (Å²) in [6.07, 6.45) is 4.89. The molecule has 2 N–H and O–H groups in total. The van der Waals surface area contributed by atoms with Crippen LogP contribution >= 0.6 is 11.6 Å². The van der Waals surface area contributed by atoms with Gasteiger partial charge in [0.1, 0.15) is 0 Å². The van der Waals surface area contributed by atoms with Gasteiger partial charge >= 0.3 is 0 Å². The van der Waals surface area contributed by atoms with Crippen LogP contribution < -0.4 is 10.6 Å². The fourth-order valence-corrected chi connectivity index (χ4v) is 2.36. The average Bonchev–Trinajstić information content (AvgIpc) is 2.47. The summed E-state index contributed by atoms with van der Waals surface area (Å²) >= 11 is 5.79. The molecule has 1 atom stereocenters. The predicted molar refractivity (Wildman–Crippen MR) is 81.2 cm³/mol. The predicted octanol–water partition coefficient (Wildman–Crippen LogP) is 2.83. The molecule has 20 heavy (non-hydrogen) atoms. The van der Waals surface area contributed by atoms with E-state index in [0.29, 0.717) is 17.7 Å². The van der Waals surface area contributed by atoms with Crippen molar-refractivity contribution in [1.29, 1.82) is 0 Å². The molecule has 0 aliphatic carbocycles. The van der Waals surface area contributed by atoms with E-state index in [1.54, 1.807) is 24.3 Å². The Morgan fingerprint density at radius 2 is 2.10 bits per heavy atom. The van der Waals surface area contributed by atoms with E-state index in [9.17, 15) is 4.79 Å². The van der Waals surface area contributed by atoms with Gasteiger partial charge in [0, 0.05) is 17.3 Å². The minimum absolute atomic E-state index is 0.0446. The van der Waals surface area contributed by atoms with Crippen LogP contribution in [0.15, 0.2) is 24.3 Å². The molecule has 0 aromatic heterocycles. The van der Waals surface area contributed by atoms with Gasteiger partial charge in [0.2, 0.25) is 5.91 Å². The van der Waals surface area contributed by atoms with E-state index in [0.717, 1.165) is 31.7 Å². The van der Waals surface area contributed by atoms with Gasteiger partial charge in [-0.1, -0.05) is 11.6 Å². The fourth-order valence-electron chi connectivity index (χ4n) is 2.24. The third-order valence-electron chi connectivity index (χ3n) is 3.33. The Morgan fingerprint density at radius 3 is 2.80 bits per heavy atom. The summed E-state index contributed by atoms with van der Waals surface area (Å²) in [6, 6.07) is 7.09. The first-order chi connectivity index (χ1) is 9.74. The highest BCUT2D eigenvalue weighted by atomic mass is 35.5. The lowest BCUT2D eigenvalue weighted by atomic mass is 10.1. The van der Waals surface area contributed by atoms with E-state index in [-0.39, 0.29) is 5.91 Å². The molecule has 1 aromatic carbocycles. The molecule has 1 unspecified atom stereocenters. The van der Waals surface area contributed by atoms with Gasteiger partial charge in [0.15, 0.2) is 0 Å². The van der Waals surface area contributed by atoms with Crippen LogP contribution in [-0.4, -0.2) is 31.7 Å². The first-order valence-electron chi connectivity index (χ1n) is 7.12. The fraction of sp³-hybridized carbons (Fsp3) is 0.533. The van der Waals surface area contributed by atoms with Crippen molar-refractivity contribution in [3.63, 3.8) is 0 Å². The third kappa shape index (κ3) is 5.49. The highest BCUT2D eigenvalue weighted by molar-refractivity contribution is 6.30. The van der Waals surface area contributed by atoms with E-state index >= 15 is 0 Å². The van der Waals surface area contributed by atoms with Crippen LogP contribution in [0, 0.1) is 0 Å². The molecule has 2 rings (SSSR count). The summed E-state index contributed by atoms with van der Waals surface area (Å²) in [6.45, 7) is 2.00. The maximum absolute atomic E-state index is 11.7. The highest BCUT2D eigenvalue weighted by Gasteiger charge is 2.13. The van der Waals surface area contributed by atoms with Gasteiger partial charge in [0.05, 0.1) is 12.6 Å². The number of hydrogen-bond donors (Lipinski definition) is 2. The standard InChI is InChI=1S/C15H21ClN2O2/c16-12-4-6-13(7-5-12)18-15(19)11-17-9-8-14-3-1-2-10-20-14/h4-7,14,17H,1-3,8-11H2,(H,18,19). The van der Waals surface area contributed by atoms with E-state index in [1.807, 2.05) is 0 Å². The summed E-state index contributed by atoms with van der Waals surface area (Å²) in [7, 11) is 0. The highest BCUT2D eigenvalue weighted by Crippen LogP contribution is 2.15. The van der Waals surface area contributed by atoms with Crippen molar-refractivity contribution in [3.05, 3.63) is 29.3 Å². The molecule has 1 fully saturated rings. The lowest BCUT2D eigenvalue weighted by Gasteiger charge is -2.22. The van der Waals surface area contributed by atoms with E-state index in [1.165, 1.54) is 12.8 Å². The lowest BCUT2D eigenvalue weighted by molar-refractivity contribution is -0.115. The van der Waals surface area contributed by atoms with Gasteiger partial charge in [-0.25, -0.2) is 0 Å². The number of anilines is 1. The van der Waals surface area contributed by atoms with Gasteiger partial charge in [0.25, 0.3) is 0 Å². The molecule has 0 radical (unpaired) electrons. The lowest BCUT2D eigenvalue weighted by Crippen LogP contribution is -2.31. The smallest absolute Gasteiger partial charge is 0.238 e. The SMILES string of the molecule is O=C(CNCCC1CCCCO1)Nc1ccc(Cl)cc1. The van der Waals surface area contributed by atoms with Crippen molar-refractivity contribution in [2.75, 3.05) is 25.0 Å². The Kier molecular flexibility index (Phi) is 6.30. The second kappa shape index (κ2) is 8.25. The van der Waals surface area contributed by atoms with Crippen molar-refractivity contribution >= 4 is 23.2 Å². The molecule has 1 saturated heterocycles. The summed E-state index contributed by atoms with van der Waals surface area (Å²) in [5, 5.41) is 6.62. The summed E-state index contributed by atoms with van der Waals surface area (Å²) in [5.74, 6) is -0.0446. The van der Waals surface area contributed by atoms with Crippen LogP contribution in [0.3, 0.4) is 0 Å². The molecule has 1 heterocycles.